The summed E-state index contributed by atoms with van der Waals surface area (Å²) in [7, 11) is 0. The molecule has 0 aliphatic carbocycles. The van der Waals surface area contributed by atoms with Gasteiger partial charge in [0.05, 0.1) is 25.8 Å². The summed E-state index contributed by atoms with van der Waals surface area (Å²) in [5.74, 6) is -1.93. The Bertz CT molecular complexity index is 1190. The zero-order chi connectivity index (χ0) is 29.4. The SMILES string of the molecule is Cc1c(O)cccc1C(=O)N[C@@H](Cc1ccccc1)[C@H](O)C(=O)N1C[C@@H](F)C[C@H]1C(=O)NCCCN1CCOCC1. The number of halogens is 1. The van der Waals surface area contributed by atoms with E-state index in [2.05, 4.69) is 15.5 Å². The standard InChI is InChI=1S/C30H39FN4O6/c1-20-23(9-5-10-26(20)36)28(38)33-24(17-21-7-3-2-4-8-21)27(37)30(40)35-19-22(31)18-25(35)29(39)32-11-6-12-34-13-15-41-16-14-34/h2-5,7-10,22,24-25,27,36-37H,6,11-19H2,1H3,(H,32,39)(H,33,38)/t22-,24-,25-,27-/m0/s1. The van der Waals surface area contributed by atoms with Crippen LogP contribution in [0.5, 0.6) is 5.75 Å². The van der Waals surface area contributed by atoms with Crippen molar-refractivity contribution in [2.24, 2.45) is 0 Å². The molecule has 0 spiro atoms. The van der Waals surface area contributed by atoms with Gasteiger partial charge < -0.3 is 30.5 Å². The van der Waals surface area contributed by atoms with Gasteiger partial charge in [0.15, 0.2) is 6.10 Å². The summed E-state index contributed by atoms with van der Waals surface area (Å²) in [6, 6.07) is 11.4. The molecule has 0 bridgehead atoms. The Labute approximate surface area is 239 Å². The molecular weight excluding hydrogens is 531 g/mol. The van der Waals surface area contributed by atoms with E-state index < -0.39 is 42.1 Å². The van der Waals surface area contributed by atoms with E-state index in [0.717, 1.165) is 30.1 Å². The average molecular weight is 571 g/mol. The number of benzene rings is 2. The summed E-state index contributed by atoms with van der Waals surface area (Å²) in [6.45, 7) is 5.49. The number of ether oxygens (including phenoxy) is 1. The van der Waals surface area contributed by atoms with Crippen molar-refractivity contribution in [1.82, 2.24) is 20.4 Å². The quantitative estimate of drug-likeness (QED) is 0.299. The van der Waals surface area contributed by atoms with Gasteiger partial charge in [0.2, 0.25) is 5.91 Å². The molecule has 2 aliphatic heterocycles. The van der Waals surface area contributed by atoms with Gasteiger partial charge >= 0.3 is 0 Å². The summed E-state index contributed by atoms with van der Waals surface area (Å²) in [4.78, 5) is 43.0. The van der Waals surface area contributed by atoms with Gasteiger partial charge in [-0.25, -0.2) is 4.39 Å². The highest BCUT2D eigenvalue weighted by Crippen LogP contribution is 2.24. The Kier molecular flexibility index (Phi) is 10.7. The molecule has 11 heteroatoms. The fourth-order valence-electron chi connectivity index (χ4n) is 5.30. The number of hydrogen-bond acceptors (Lipinski definition) is 7. The first-order valence-corrected chi connectivity index (χ1v) is 14.1. The van der Waals surface area contributed by atoms with Crippen LogP contribution in [0.4, 0.5) is 4.39 Å². The zero-order valence-corrected chi connectivity index (χ0v) is 23.3. The number of carbonyl (C=O) groups excluding carboxylic acids is 3. The van der Waals surface area contributed by atoms with Gasteiger partial charge in [-0.2, -0.15) is 0 Å². The van der Waals surface area contributed by atoms with Crippen LogP contribution in [-0.2, 0) is 20.7 Å². The first-order valence-electron chi connectivity index (χ1n) is 14.1. The summed E-state index contributed by atoms with van der Waals surface area (Å²) in [5.41, 5.74) is 1.31. The number of phenols is 1. The minimum absolute atomic E-state index is 0.0567. The third-order valence-electron chi connectivity index (χ3n) is 7.69. The maximum absolute atomic E-state index is 14.5. The van der Waals surface area contributed by atoms with E-state index in [1.807, 2.05) is 6.07 Å². The Hall–Kier alpha value is -3.54. The number of rotatable bonds is 11. The monoisotopic (exact) mass is 570 g/mol. The molecule has 4 N–H and O–H groups in total. The number of morpholine rings is 1. The second-order valence-corrected chi connectivity index (χ2v) is 10.6. The van der Waals surface area contributed by atoms with Crippen molar-refractivity contribution < 1.29 is 33.7 Å². The molecule has 2 saturated heterocycles. The highest BCUT2D eigenvalue weighted by atomic mass is 19.1. The van der Waals surface area contributed by atoms with Crippen molar-refractivity contribution in [3.05, 3.63) is 65.2 Å². The fourth-order valence-corrected chi connectivity index (χ4v) is 5.30. The van der Waals surface area contributed by atoms with E-state index in [1.54, 1.807) is 31.2 Å². The topological polar surface area (TPSA) is 131 Å². The molecule has 4 atom stereocenters. The lowest BCUT2D eigenvalue weighted by molar-refractivity contribution is -0.146. The van der Waals surface area contributed by atoms with E-state index in [-0.39, 0.29) is 30.7 Å². The van der Waals surface area contributed by atoms with E-state index >= 15 is 0 Å². The second-order valence-electron chi connectivity index (χ2n) is 10.6. The number of alkyl halides is 1. The molecule has 2 aromatic carbocycles. The van der Waals surface area contributed by atoms with Crippen LogP contribution in [0.1, 0.15) is 34.3 Å². The predicted molar refractivity (Wildman–Crippen MR) is 150 cm³/mol. The number of carbonyl (C=O) groups is 3. The van der Waals surface area contributed by atoms with Gasteiger partial charge in [-0.15, -0.1) is 0 Å². The third-order valence-corrected chi connectivity index (χ3v) is 7.69. The molecule has 10 nitrogen and oxygen atoms in total. The highest BCUT2D eigenvalue weighted by molar-refractivity contribution is 5.97. The first-order chi connectivity index (χ1) is 19.7. The second kappa shape index (κ2) is 14.4. The fraction of sp³-hybridized carbons (Fsp3) is 0.500. The van der Waals surface area contributed by atoms with Crippen LogP contribution < -0.4 is 10.6 Å². The van der Waals surface area contributed by atoms with Gasteiger partial charge in [0.25, 0.3) is 11.8 Å². The smallest absolute Gasteiger partial charge is 0.254 e. The Balaban J connectivity index is 1.43. The molecule has 222 valence electrons. The van der Waals surface area contributed by atoms with Crippen molar-refractivity contribution in [2.75, 3.05) is 45.9 Å². The minimum Gasteiger partial charge on any atom is -0.508 e. The van der Waals surface area contributed by atoms with E-state index in [9.17, 15) is 29.0 Å². The third kappa shape index (κ3) is 8.02. The molecule has 41 heavy (non-hydrogen) atoms. The van der Waals surface area contributed by atoms with Gasteiger partial charge in [-0.3, -0.25) is 19.3 Å². The molecule has 0 aromatic heterocycles. The number of aromatic hydroxyl groups is 1. The average Bonchev–Trinajstić information content (AvgIpc) is 3.38. The molecule has 2 heterocycles. The molecule has 0 radical (unpaired) electrons. The number of likely N-dealkylation sites (tertiary alicyclic amines) is 1. The van der Waals surface area contributed by atoms with Crippen molar-refractivity contribution in [2.45, 2.75) is 50.5 Å². The van der Waals surface area contributed by atoms with Crippen LogP contribution in [0.2, 0.25) is 0 Å². The summed E-state index contributed by atoms with van der Waals surface area (Å²) >= 11 is 0. The van der Waals surface area contributed by atoms with Crippen LogP contribution in [0.3, 0.4) is 0 Å². The Morgan fingerprint density at radius 1 is 1.10 bits per heavy atom. The summed E-state index contributed by atoms with van der Waals surface area (Å²) in [5, 5.41) is 26.8. The number of amides is 3. The minimum atomic E-state index is -1.74. The van der Waals surface area contributed by atoms with Crippen LogP contribution in [-0.4, -0.2) is 108 Å². The molecular formula is C30H39FN4O6. The van der Waals surface area contributed by atoms with Crippen molar-refractivity contribution >= 4 is 17.7 Å². The molecule has 0 saturated carbocycles. The largest absolute Gasteiger partial charge is 0.508 e. The van der Waals surface area contributed by atoms with Crippen molar-refractivity contribution in [1.29, 1.82) is 0 Å². The van der Waals surface area contributed by atoms with Gasteiger partial charge in [0, 0.05) is 37.2 Å². The van der Waals surface area contributed by atoms with Gasteiger partial charge in [-0.1, -0.05) is 36.4 Å². The highest BCUT2D eigenvalue weighted by Gasteiger charge is 2.43. The summed E-state index contributed by atoms with van der Waals surface area (Å²) in [6.07, 6.45) is -2.49. The molecule has 2 aliphatic rings. The van der Waals surface area contributed by atoms with Crippen LogP contribution in [0, 0.1) is 6.92 Å². The lowest BCUT2D eigenvalue weighted by Crippen LogP contribution is -2.56. The summed E-state index contributed by atoms with van der Waals surface area (Å²) < 4.78 is 19.9. The lowest BCUT2D eigenvalue weighted by Gasteiger charge is -2.30. The van der Waals surface area contributed by atoms with E-state index in [1.165, 1.54) is 18.2 Å². The van der Waals surface area contributed by atoms with Gasteiger partial charge in [0.1, 0.15) is 18.0 Å². The normalized spacial score (nSPS) is 20.8. The maximum atomic E-state index is 14.5. The number of hydrogen-bond donors (Lipinski definition) is 4. The Morgan fingerprint density at radius 2 is 1.83 bits per heavy atom. The van der Waals surface area contributed by atoms with Gasteiger partial charge in [-0.05, 0) is 44.0 Å². The molecule has 2 aromatic rings. The van der Waals surface area contributed by atoms with Crippen molar-refractivity contribution in [3.8, 4) is 5.75 Å². The van der Waals surface area contributed by atoms with Crippen LogP contribution in [0.15, 0.2) is 48.5 Å². The number of nitrogens with one attached hydrogen (secondary N) is 2. The molecule has 4 rings (SSSR count). The zero-order valence-electron chi connectivity index (χ0n) is 23.3. The lowest BCUT2D eigenvalue weighted by atomic mass is 9.98. The first kappa shape index (κ1) is 30.4. The molecule has 0 unspecified atom stereocenters. The number of aliphatic hydroxyl groups excluding tert-OH is 1. The predicted octanol–water partition coefficient (Wildman–Crippen LogP) is 1.18. The van der Waals surface area contributed by atoms with Crippen molar-refractivity contribution in [3.63, 3.8) is 0 Å². The molecule has 2 fully saturated rings. The number of phenolic OH excluding ortho intramolecular Hbond substituents is 1. The van der Waals surface area contributed by atoms with E-state index in [4.69, 9.17) is 4.74 Å². The van der Waals surface area contributed by atoms with Crippen LogP contribution in [0.25, 0.3) is 0 Å². The number of aliphatic hydroxyl groups is 1. The Morgan fingerprint density at radius 3 is 2.56 bits per heavy atom. The molecule has 3 amide bonds. The number of nitrogens with zero attached hydrogens (tertiary/aromatic N) is 2. The van der Waals surface area contributed by atoms with Crippen LogP contribution >= 0.6 is 0 Å². The maximum Gasteiger partial charge on any atom is 0.254 e. The van der Waals surface area contributed by atoms with E-state index in [0.29, 0.717) is 31.7 Å².